The van der Waals surface area contributed by atoms with Crippen molar-refractivity contribution in [3.05, 3.63) is 76.2 Å². The normalized spacial score (nSPS) is 10.5. The van der Waals surface area contributed by atoms with Crippen LogP contribution < -0.4 is 19.5 Å². The Labute approximate surface area is 184 Å². The molecule has 0 radical (unpaired) electrons. The van der Waals surface area contributed by atoms with Crippen molar-refractivity contribution >= 4 is 21.8 Å². The molecule has 0 spiro atoms. The zero-order valence-corrected chi connectivity index (χ0v) is 18.5. The molecule has 2 aromatic carbocycles. The summed E-state index contributed by atoms with van der Waals surface area (Å²) in [4.78, 5) is 12.4. The van der Waals surface area contributed by atoms with Crippen LogP contribution in [-0.4, -0.2) is 19.1 Å². The SMILES string of the molecule is CCOc1ccc(CNC(=O)c2ccc(COc3ccc(Br)cc3)o2)cc1OCC. The van der Waals surface area contributed by atoms with Crippen molar-refractivity contribution in [2.75, 3.05) is 13.2 Å². The third kappa shape index (κ3) is 6.03. The number of ether oxygens (including phenoxy) is 3. The van der Waals surface area contributed by atoms with Gasteiger partial charge < -0.3 is 23.9 Å². The average molecular weight is 474 g/mol. The molecule has 0 aliphatic carbocycles. The number of carbonyl (C=O) groups is 1. The number of hydrogen-bond donors (Lipinski definition) is 1. The summed E-state index contributed by atoms with van der Waals surface area (Å²) in [5, 5.41) is 2.85. The largest absolute Gasteiger partial charge is 0.490 e. The highest BCUT2D eigenvalue weighted by Crippen LogP contribution is 2.28. The topological polar surface area (TPSA) is 69.9 Å². The van der Waals surface area contributed by atoms with Crippen LogP contribution in [0.1, 0.15) is 35.7 Å². The lowest BCUT2D eigenvalue weighted by molar-refractivity contribution is 0.0919. The van der Waals surface area contributed by atoms with Crippen molar-refractivity contribution in [3.8, 4) is 17.2 Å². The van der Waals surface area contributed by atoms with Gasteiger partial charge in [0.15, 0.2) is 17.3 Å². The molecular weight excluding hydrogens is 450 g/mol. The molecule has 1 amide bonds. The van der Waals surface area contributed by atoms with E-state index in [1.165, 1.54) is 0 Å². The Kier molecular flexibility index (Phi) is 7.79. The lowest BCUT2D eigenvalue weighted by Gasteiger charge is -2.12. The van der Waals surface area contributed by atoms with E-state index >= 15 is 0 Å². The highest BCUT2D eigenvalue weighted by molar-refractivity contribution is 9.10. The summed E-state index contributed by atoms with van der Waals surface area (Å²) in [6.45, 7) is 5.52. The first-order chi connectivity index (χ1) is 14.6. The van der Waals surface area contributed by atoms with E-state index in [1.807, 2.05) is 56.3 Å². The summed E-state index contributed by atoms with van der Waals surface area (Å²) < 4.78 is 23.4. The number of halogens is 1. The van der Waals surface area contributed by atoms with Crippen LogP contribution in [0.25, 0.3) is 0 Å². The van der Waals surface area contributed by atoms with E-state index in [1.54, 1.807) is 12.1 Å². The van der Waals surface area contributed by atoms with E-state index in [0.29, 0.717) is 37.0 Å². The molecule has 1 aromatic heterocycles. The first-order valence-electron chi connectivity index (χ1n) is 9.72. The van der Waals surface area contributed by atoms with Gasteiger partial charge in [0.1, 0.15) is 18.1 Å². The van der Waals surface area contributed by atoms with E-state index in [2.05, 4.69) is 21.2 Å². The van der Waals surface area contributed by atoms with Crippen LogP contribution in [0.2, 0.25) is 0 Å². The van der Waals surface area contributed by atoms with E-state index < -0.39 is 0 Å². The van der Waals surface area contributed by atoms with Crippen molar-refractivity contribution in [2.24, 2.45) is 0 Å². The Hall–Kier alpha value is -2.93. The fourth-order valence-corrected chi connectivity index (χ4v) is 3.00. The van der Waals surface area contributed by atoms with Crippen LogP contribution in [0.4, 0.5) is 0 Å². The van der Waals surface area contributed by atoms with Crippen LogP contribution in [-0.2, 0) is 13.2 Å². The Morgan fingerprint density at radius 1 is 0.933 bits per heavy atom. The van der Waals surface area contributed by atoms with Crippen molar-refractivity contribution in [3.63, 3.8) is 0 Å². The van der Waals surface area contributed by atoms with E-state index in [0.717, 1.165) is 15.8 Å². The first kappa shape index (κ1) is 21.8. The van der Waals surface area contributed by atoms with Crippen molar-refractivity contribution < 1.29 is 23.4 Å². The zero-order chi connectivity index (χ0) is 21.3. The lowest BCUT2D eigenvalue weighted by atomic mass is 10.2. The molecule has 0 aliphatic rings. The van der Waals surface area contributed by atoms with E-state index in [-0.39, 0.29) is 18.3 Å². The molecule has 158 valence electrons. The Bertz CT molecular complexity index is 968. The summed E-state index contributed by atoms with van der Waals surface area (Å²) in [6.07, 6.45) is 0. The summed E-state index contributed by atoms with van der Waals surface area (Å²) >= 11 is 3.38. The molecule has 7 heteroatoms. The summed E-state index contributed by atoms with van der Waals surface area (Å²) in [5.41, 5.74) is 0.903. The van der Waals surface area contributed by atoms with Gasteiger partial charge in [-0.25, -0.2) is 0 Å². The van der Waals surface area contributed by atoms with Crippen LogP contribution in [0.15, 0.2) is 63.5 Å². The molecule has 0 unspecified atom stereocenters. The van der Waals surface area contributed by atoms with Crippen LogP contribution in [0.3, 0.4) is 0 Å². The molecule has 6 nitrogen and oxygen atoms in total. The molecular formula is C23H24BrNO5. The fraction of sp³-hybridized carbons (Fsp3) is 0.261. The highest BCUT2D eigenvalue weighted by Gasteiger charge is 2.12. The molecule has 3 rings (SSSR count). The van der Waals surface area contributed by atoms with Gasteiger partial charge in [-0.3, -0.25) is 4.79 Å². The average Bonchev–Trinajstić information content (AvgIpc) is 3.23. The van der Waals surface area contributed by atoms with Crippen LogP contribution >= 0.6 is 15.9 Å². The molecule has 0 saturated heterocycles. The molecule has 1 N–H and O–H groups in total. The lowest BCUT2D eigenvalue weighted by Crippen LogP contribution is -2.22. The van der Waals surface area contributed by atoms with Crippen molar-refractivity contribution in [2.45, 2.75) is 27.0 Å². The second-order valence-corrected chi connectivity index (χ2v) is 7.25. The van der Waals surface area contributed by atoms with Crippen molar-refractivity contribution in [1.29, 1.82) is 0 Å². The van der Waals surface area contributed by atoms with Gasteiger partial charge in [-0.15, -0.1) is 0 Å². The monoisotopic (exact) mass is 473 g/mol. The van der Waals surface area contributed by atoms with E-state index in [9.17, 15) is 4.79 Å². The number of rotatable bonds is 10. The number of benzene rings is 2. The van der Waals surface area contributed by atoms with Crippen LogP contribution in [0.5, 0.6) is 17.2 Å². The Morgan fingerprint density at radius 2 is 1.67 bits per heavy atom. The second kappa shape index (κ2) is 10.7. The van der Waals surface area contributed by atoms with Gasteiger partial charge in [-0.05, 0) is 67.9 Å². The molecule has 30 heavy (non-hydrogen) atoms. The summed E-state index contributed by atoms with van der Waals surface area (Å²) in [7, 11) is 0. The van der Waals surface area contributed by atoms with Gasteiger partial charge in [0.2, 0.25) is 0 Å². The summed E-state index contributed by atoms with van der Waals surface area (Å²) in [6, 6.07) is 16.5. The van der Waals surface area contributed by atoms with E-state index in [4.69, 9.17) is 18.6 Å². The quantitative estimate of drug-likeness (QED) is 0.429. The maximum absolute atomic E-state index is 12.4. The maximum atomic E-state index is 12.4. The van der Waals surface area contributed by atoms with Gasteiger partial charge in [0.25, 0.3) is 5.91 Å². The maximum Gasteiger partial charge on any atom is 0.287 e. The standard InChI is InChI=1S/C23H24BrNO5/c1-3-27-20-11-5-16(13-22(20)28-4-2)14-25-23(26)21-12-10-19(30-21)15-29-18-8-6-17(24)7-9-18/h5-13H,3-4,14-15H2,1-2H3,(H,25,26). The zero-order valence-electron chi connectivity index (χ0n) is 16.9. The molecule has 0 aliphatic heterocycles. The minimum absolute atomic E-state index is 0.236. The molecule has 0 atom stereocenters. The molecule has 0 fully saturated rings. The second-order valence-electron chi connectivity index (χ2n) is 6.34. The minimum Gasteiger partial charge on any atom is -0.490 e. The predicted molar refractivity (Wildman–Crippen MR) is 117 cm³/mol. The van der Waals surface area contributed by atoms with Gasteiger partial charge >= 0.3 is 0 Å². The number of furan rings is 1. The van der Waals surface area contributed by atoms with Gasteiger partial charge in [0, 0.05) is 11.0 Å². The molecule has 0 saturated carbocycles. The summed E-state index contributed by atoms with van der Waals surface area (Å²) in [5.74, 6) is 2.59. The number of carbonyl (C=O) groups excluding carboxylic acids is 1. The number of nitrogens with one attached hydrogen (secondary N) is 1. The molecule has 3 aromatic rings. The molecule has 0 bridgehead atoms. The third-order valence-corrected chi connectivity index (χ3v) is 4.67. The van der Waals surface area contributed by atoms with Crippen molar-refractivity contribution in [1.82, 2.24) is 5.32 Å². The Morgan fingerprint density at radius 3 is 2.40 bits per heavy atom. The number of hydrogen-bond acceptors (Lipinski definition) is 5. The smallest absolute Gasteiger partial charge is 0.287 e. The highest BCUT2D eigenvalue weighted by atomic mass is 79.9. The van der Waals surface area contributed by atoms with Gasteiger partial charge in [-0.2, -0.15) is 0 Å². The Balaban J connectivity index is 1.55. The van der Waals surface area contributed by atoms with Gasteiger partial charge in [-0.1, -0.05) is 22.0 Å². The van der Waals surface area contributed by atoms with Gasteiger partial charge in [0.05, 0.1) is 13.2 Å². The minimum atomic E-state index is -0.295. The van der Waals surface area contributed by atoms with Crippen LogP contribution in [0, 0.1) is 0 Å². The predicted octanol–water partition coefficient (Wildman–Crippen LogP) is 5.35. The molecule has 1 heterocycles. The fourth-order valence-electron chi connectivity index (χ4n) is 2.74. The first-order valence-corrected chi connectivity index (χ1v) is 10.5. The number of amides is 1. The third-order valence-electron chi connectivity index (χ3n) is 4.14.